The van der Waals surface area contributed by atoms with E-state index in [0.29, 0.717) is 12.4 Å². The highest BCUT2D eigenvalue weighted by Crippen LogP contribution is 2.30. The third-order valence-electron chi connectivity index (χ3n) is 4.17. The van der Waals surface area contributed by atoms with Crippen LogP contribution in [0.15, 0.2) is 28.8 Å². The summed E-state index contributed by atoms with van der Waals surface area (Å²) in [7, 11) is 1.72. The molecule has 0 aliphatic carbocycles. The maximum atomic E-state index is 5.53. The number of methoxy groups -OCH3 is 1. The zero-order valence-electron chi connectivity index (χ0n) is 14.4. The van der Waals surface area contributed by atoms with E-state index in [9.17, 15) is 0 Å². The van der Waals surface area contributed by atoms with E-state index in [1.165, 1.54) is 5.56 Å². The number of para-hydroxylation sites is 1. The molecule has 1 saturated heterocycles. The molecular weight excluding hydrogens is 328 g/mol. The lowest BCUT2D eigenvalue weighted by Gasteiger charge is -2.36. The average molecular weight is 353 g/mol. The number of nitrogens with zero attached hydrogens (tertiary/aromatic N) is 3. The van der Waals surface area contributed by atoms with Gasteiger partial charge in [0.05, 0.1) is 19.7 Å². The van der Waals surface area contributed by atoms with E-state index in [-0.39, 0.29) is 24.4 Å². The normalized spacial score (nSPS) is 18.4. The third kappa shape index (κ3) is 4.06. The Kier molecular flexibility index (Phi) is 6.60. The van der Waals surface area contributed by atoms with E-state index in [0.717, 1.165) is 31.2 Å². The smallest absolute Gasteiger partial charge is 0.229 e. The summed E-state index contributed by atoms with van der Waals surface area (Å²) in [6.07, 6.45) is 0. The summed E-state index contributed by atoms with van der Waals surface area (Å²) in [5.74, 6) is 2.62. The highest BCUT2D eigenvalue weighted by atomic mass is 35.5. The fourth-order valence-corrected chi connectivity index (χ4v) is 2.93. The molecule has 2 heterocycles. The van der Waals surface area contributed by atoms with Crippen LogP contribution in [0, 0.1) is 0 Å². The lowest BCUT2D eigenvalue weighted by Crippen LogP contribution is -2.45. The van der Waals surface area contributed by atoms with Crippen LogP contribution in [-0.2, 0) is 6.54 Å². The van der Waals surface area contributed by atoms with Crippen molar-refractivity contribution in [1.29, 1.82) is 0 Å². The van der Waals surface area contributed by atoms with Gasteiger partial charge in [-0.2, -0.15) is 4.98 Å². The summed E-state index contributed by atoms with van der Waals surface area (Å²) in [5.41, 5.74) is 1.19. The molecule has 1 aliphatic heterocycles. The number of rotatable bonds is 5. The highest BCUT2D eigenvalue weighted by molar-refractivity contribution is 5.85. The molecule has 7 heteroatoms. The van der Waals surface area contributed by atoms with Crippen LogP contribution in [0.4, 0.5) is 0 Å². The van der Waals surface area contributed by atoms with Gasteiger partial charge in [0, 0.05) is 31.1 Å². The minimum Gasteiger partial charge on any atom is -0.496 e. The first-order valence-electron chi connectivity index (χ1n) is 8.09. The zero-order chi connectivity index (χ0) is 16.2. The molecule has 0 amide bonds. The monoisotopic (exact) mass is 352 g/mol. The van der Waals surface area contributed by atoms with Gasteiger partial charge in [-0.15, -0.1) is 12.4 Å². The molecule has 1 atom stereocenters. The van der Waals surface area contributed by atoms with Gasteiger partial charge < -0.3 is 14.6 Å². The average Bonchev–Trinajstić information content (AvgIpc) is 3.04. The van der Waals surface area contributed by atoms with Crippen LogP contribution < -0.4 is 10.1 Å². The molecule has 24 heavy (non-hydrogen) atoms. The van der Waals surface area contributed by atoms with Crippen LogP contribution in [0.1, 0.15) is 43.1 Å². The third-order valence-corrected chi connectivity index (χ3v) is 4.17. The first-order valence-corrected chi connectivity index (χ1v) is 8.09. The maximum Gasteiger partial charge on any atom is 0.229 e. The van der Waals surface area contributed by atoms with Gasteiger partial charge in [-0.05, 0) is 6.07 Å². The zero-order valence-corrected chi connectivity index (χ0v) is 15.2. The van der Waals surface area contributed by atoms with Crippen molar-refractivity contribution in [3.63, 3.8) is 0 Å². The Morgan fingerprint density at radius 1 is 1.38 bits per heavy atom. The van der Waals surface area contributed by atoms with E-state index < -0.39 is 0 Å². The Bertz CT molecular complexity index is 647. The topological polar surface area (TPSA) is 63.4 Å². The molecule has 1 aliphatic rings. The largest absolute Gasteiger partial charge is 0.496 e. The fraction of sp³-hybridized carbons (Fsp3) is 0.529. The van der Waals surface area contributed by atoms with E-state index in [2.05, 4.69) is 46.3 Å². The van der Waals surface area contributed by atoms with Gasteiger partial charge in [0.25, 0.3) is 0 Å². The molecule has 132 valence electrons. The molecule has 2 aromatic rings. The highest BCUT2D eigenvalue weighted by Gasteiger charge is 2.27. The van der Waals surface area contributed by atoms with Gasteiger partial charge in [0.2, 0.25) is 5.89 Å². The number of hydrogen-bond donors (Lipinski definition) is 1. The first kappa shape index (κ1) is 18.7. The molecule has 3 rings (SSSR count). The Hall–Kier alpha value is -1.63. The summed E-state index contributed by atoms with van der Waals surface area (Å²) >= 11 is 0. The second kappa shape index (κ2) is 8.46. The number of halogens is 1. The molecule has 1 N–H and O–H groups in total. The Morgan fingerprint density at radius 2 is 2.17 bits per heavy atom. The van der Waals surface area contributed by atoms with Gasteiger partial charge in [0.15, 0.2) is 5.82 Å². The summed E-state index contributed by atoms with van der Waals surface area (Å²) < 4.78 is 10.9. The van der Waals surface area contributed by atoms with Crippen molar-refractivity contribution < 1.29 is 9.26 Å². The number of hydrogen-bond acceptors (Lipinski definition) is 6. The van der Waals surface area contributed by atoms with Gasteiger partial charge in [-0.3, -0.25) is 4.90 Å². The van der Waals surface area contributed by atoms with Crippen molar-refractivity contribution in [1.82, 2.24) is 20.4 Å². The van der Waals surface area contributed by atoms with Crippen molar-refractivity contribution in [2.45, 2.75) is 32.4 Å². The van der Waals surface area contributed by atoms with E-state index in [4.69, 9.17) is 9.26 Å². The summed E-state index contributed by atoms with van der Waals surface area (Å²) in [6.45, 7) is 7.57. The minimum atomic E-state index is 0. The first-order chi connectivity index (χ1) is 11.2. The van der Waals surface area contributed by atoms with Crippen molar-refractivity contribution >= 4 is 12.4 Å². The van der Waals surface area contributed by atoms with E-state index in [1.807, 2.05) is 12.1 Å². The second-order valence-electron chi connectivity index (χ2n) is 6.14. The van der Waals surface area contributed by atoms with Gasteiger partial charge in [0.1, 0.15) is 5.75 Å². The SMILES string of the molecule is COc1ccccc1C1CNCCN1Cc1noc(C(C)C)n1.Cl. The second-order valence-corrected chi connectivity index (χ2v) is 6.14. The Morgan fingerprint density at radius 3 is 2.88 bits per heavy atom. The molecule has 0 saturated carbocycles. The van der Waals surface area contributed by atoms with Crippen molar-refractivity contribution in [2.75, 3.05) is 26.7 Å². The molecule has 1 fully saturated rings. The van der Waals surface area contributed by atoms with Crippen LogP contribution in [0.25, 0.3) is 0 Å². The van der Waals surface area contributed by atoms with Crippen molar-refractivity contribution in [3.05, 3.63) is 41.5 Å². The fourth-order valence-electron chi connectivity index (χ4n) is 2.93. The maximum absolute atomic E-state index is 5.53. The summed E-state index contributed by atoms with van der Waals surface area (Å²) in [5, 5.41) is 7.59. The number of nitrogens with one attached hydrogen (secondary N) is 1. The Balaban J connectivity index is 0.00000208. The lowest BCUT2D eigenvalue weighted by atomic mass is 10.0. The number of piperazine rings is 1. The summed E-state index contributed by atoms with van der Waals surface area (Å²) in [4.78, 5) is 6.88. The van der Waals surface area contributed by atoms with E-state index >= 15 is 0 Å². The van der Waals surface area contributed by atoms with Crippen LogP contribution in [0.5, 0.6) is 5.75 Å². The molecular formula is C17H25ClN4O2. The van der Waals surface area contributed by atoms with Crippen molar-refractivity contribution in [2.24, 2.45) is 0 Å². The Labute approximate surface area is 149 Å². The molecule has 0 bridgehead atoms. The number of aromatic nitrogens is 2. The van der Waals surface area contributed by atoms with Crippen LogP contribution in [0.3, 0.4) is 0 Å². The number of ether oxygens (including phenoxy) is 1. The minimum absolute atomic E-state index is 0. The predicted octanol–water partition coefficient (Wildman–Crippen LogP) is 2.77. The molecule has 0 spiro atoms. The number of benzene rings is 1. The quantitative estimate of drug-likeness (QED) is 0.892. The predicted molar refractivity (Wildman–Crippen MR) is 94.6 cm³/mol. The van der Waals surface area contributed by atoms with Crippen LogP contribution in [0.2, 0.25) is 0 Å². The van der Waals surface area contributed by atoms with Crippen molar-refractivity contribution in [3.8, 4) is 5.75 Å². The van der Waals surface area contributed by atoms with Gasteiger partial charge in [-0.25, -0.2) is 0 Å². The molecule has 0 radical (unpaired) electrons. The molecule has 1 unspecified atom stereocenters. The van der Waals surface area contributed by atoms with Gasteiger partial charge >= 0.3 is 0 Å². The molecule has 1 aromatic carbocycles. The van der Waals surface area contributed by atoms with E-state index in [1.54, 1.807) is 7.11 Å². The van der Waals surface area contributed by atoms with Crippen LogP contribution in [-0.4, -0.2) is 41.8 Å². The molecule has 6 nitrogen and oxygen atoms in total. The van der Waals surface area contributed by atoms with Crippen LogP contribution >= 0.6 is 12.4 Å². The lowest BCUT2D eigenvalue weighted by molar-refractivity contribution is 0.146. The standard InChI is InChI=1S/C17H24N4O2.ClH/c1-12(2)17-19-16(20-23-17)11-21-9-8-18-10-14(21)13-6-4-5-7-15(13)22-3;/h4-7,12,14,18H,8-11H2,1-3H3;1H. The summed E-state index contributed by atoms with van der Waals surface area (Å²) in [6, 6.07) is 8.42. The molecule has 1 aromatic heterocycles. The van der Waals surface area contributed by atoms with Gasteiger partial charge in [-0.1, -0.05) is 37.2 Å².